The van der Waals surface area contributed by atoms with Crippen LogP contribution in [0.3, 0.4) is 0 Å². The van der Waals surface area contributed by atoms with E-state index >= 15 is 0 Å². The van der Waals surface area contributed by atoms with Crippen LogP contribution in [-0.4, -0.2) is 34.7 Å². The van der Waals surface area contributed by atoms with Crippen molar-refractivity contribution in [3.8, 4) is 0 Å². The molecular formula is C19H19NO4. The number of rotatable bonds is 4. The molecule has 2 saturated heterocycles. The van der Waals surface area contributed by atoms with E-state index in [4.69, 9.17) is 4.74 Å². The number of carbonyl (C=O) groups is 2. The number of para-hydroxylation sites is 1. The van der Waals surface area contributed by atoms with Gasteiger partial charge >= 0.3 is 5.97 Å². The molecule has 3 aliphatic heterocycles. The summed E-state index contributed by atoms with van der Waals surface area (Å²) >= 11 is 0. The highest BCUT2D eigenvalue weighted by Gasteiger charge is 2.71. The Balaban J connectivity index is 1.85. The van der Waals surface area contributed by atoms with Crippen LogP contribution in [0.4, 0.5) is 5.69 Å². The Bertz CT molecular complexity index is 756. The molecule has 5 nitrogen and oxygen atoms in total. The summed E-state index contributed by atoms with van der Waals surface area (Å²) in [5.41, 5.74) is 0.824. The Hall–Kier alpha value is -2.40. The first-order valence-corrected chi connectivity index (χ1v) is 8.08. The number of fused-ring (bicyclic) bond motifs is 1. The monoisotopic (exact) mass is 325 g/mol. The van der Waals surface area contributed by atoms with Crippen molar-refractivity contribution < 1.29 is 19.4 Å². The zero-order valence-electron chi connectivity index (χ0n) is 13.4. The van der Waals surface area contributed by atoms with Crippen LogP contribution in [0.1, 0.15) is 13.3 Å². The van der Waals surface area contributed by atoms with Crippen molar-refractivity contribution >= 4 is 17.6 Å². The van der Waals surface area contributed by atoms with E-state index < -0.39 is 29.5 Å². The van der Waals surface area contributed by atoms with Crippen LogP contribution in [0.25, 0.3) is 0 Å². The highest BCUT2D eigenvalue weighted by Crippen LogP contribution is 2.56. The van der Waals surface area contributed by atoms with Gasteiger partial charge in [0.15, 0.2) is 0 Å². The fourth-order valence-corrected chi connectivity index (χ4v) is 4.41. The molecule has 1 amide bonds. The standard InChI is InChI=1S/C19H19NO4/c1-11(2)10-14-19-9-8-13(24-19)15(18(22)23)16(19)17(21)20(14)12-6-4-3-5-7-12/h3-9,13-16H,1,10H2,2H3,(H,22,23)/t13-,14?,15?,16?,19-/m0/s1. The SMILES string of the molecule is C=C(C)CC1N(c2ccccc2)C(=O)C2C(C(=O)O)[C@@H]3C=C[C@@]21O3. The number of aliphatic carboxylic acids is 1. The third-order valence-corrected chi connectivity index (χ3v) is 5.28. The molecule has 1 N–H and O–H groups in total. The van der Waals surface area contributed by atoms with E-state index in [2.05, 4.69) is 6.58 Å². The van der Waals surface area contributed by atoms with Gasteiger partial charge < -0.3 is 14.7 Å². The lowest BCUT2D eigenvalue weighted by Crippen LogP contribution is -2.45. The average molecular weight is 325 g/mol. The summed E-state index contributed by atoms with van der Waals surface area (Å²) in [7, 11) is 0. The van der Waals surface area contributed by atoms with Crippen molar-refractivity contribution in [2.24, 2.45) is 11.8 Å². The maximum Gasteiger partial charge on any atom is 0.310 e. The molecule has 1 aromatic carbocycles. The zero-order chi connectivity index (χ0) is 17.1. The minimum absolute atomic E-state index is 0.174. The third kappa shape index (κ3) is 1.85. The number of carboxylic acids is 1. The molecule has 0 saturated carbocycles. The summed E-state index contributed by atoms with van der Waals surface area (Å²) in [4.78, 5) is 26.7. The van der Waals surface area contributed by atoms with Gasteiger partial charge in [0.25, 0.3) is 0 Å². The topological polar surface area (TPSA) is 66.8 Å². The fraction of sp³-hybridized carbons (Fsp3) is 0.368. The van der Waals surface area contributed by atoms with Crippen LogP contribution in [-0.2, 0) is 14.3 Å². The van der Waals surface area contributed by atoms with E-state index in [0.717, 1.165) is 11.3 Å². The lowest BCUT2D eigenvalue weighted by atomic mass is 9.74. The van der Waals surface area contributed by atoms with Gasteiger partial charge in [-0.15, -0.1) is 6.58 Å². The molecule has 24 heavy (non-hydrogen) atoms. The summed E-state index contributed by atoms with van der Waals surface area (Å²) < 4.78 is 6.10. The van der Waals surface area contributed by atoms with E-state index in [-0.39, 0.29) is 11.9 Å². The number of hydrogen-bond acceptors (Lipinski definition) is 3. The van der Waals surface area contributed by atoms with Crippen molar-refractivity contribution in [3.63, 3.8) is 0 Å². The predicted octanol–water partition coefficient (Wildman–Crippen LogP) is 2.39. The molecular weight excluding hydrogens is 306 g/mol. The van der Waals surface area contributed by atoms with Crippen molar-refractivity contribution in [1.82, 2.24) is 0 Å². The number of ether oxygens (including phenoxy) is 1. The van der Waals surface area contributed by atoms with Gasteiger partial charge in [0.05, 0.1) is 18.1 Å². The third-order valence-electron chi connectivity index (χ3n) is 5.28. The molecule has 0 radical (unpaired) electrons. The highest BCUT2D eigenvalue weighted by molar-refractivity contribution is 6.03. The Kier molecular flexibility index (Phi) is 3.18. The maximum atomic E-state index is 13.2. The van der Waals surface area contributed by atoms with Crippen LogP contribution >= 0.6 is 0 Å². The molecule has 2 fully saturated rings. The molecule has 3 unspecified atom stereocenters. The predicted molar refractivity (Wildman–Crippen MR) is 88.5 cm³/mol. The van der Waals surface area contributed by atoms with Crippen LogP contribution in [0.2, 0.25) is 0 Å². The van der Waals surface area contributed by atoms with E-state index in [1.54, 1.807) is 11.0 Å². The maximum absolute atomic E-state index is 13.2. The molecule has 0 aliphatic carbocycles. The van der Waals surface area contributed by atoms with Crippen molar-refractivity contribution in [2.75, 3.05) is 4.90 Å². The number of amides is 1. The second kappa shape index (κ2) is 5.05. The summed E-state index contributed by atoms with van der Waals surface area (Å²) in [6, 6.07) is 9.09. The summed E-state index contributed by atoms with van der Waals surface area (Å²) in [6.45, 7) is 5.90. The van der Waals surface area contributed by atoms with Gasteiger partial charge in [-0.25, -0.2) is 0 Å². The van der Waals surface area contributed by atoms with E-state index in [0.29, 0.717) is 6.42 Å². The summed E-state index contributed by atoms with van der Waals surface area (Å²) in [5.74, 6) is -2.67. The van der Waals surface area contributed by atoms with Gasteiger partial charge in [-0.2, -0.15) is 0 Å². The lowest BCUT2D eigenvalue weighted by Gasteiger charge is -2.33. The summed E-state index contributed by atoms with van der Waals surface area (Å²) in [6.07, 6.45) is 3.74. The molecule has 4 rings (SSSR count). The number of hydrogen-bond donors (Lipinski definition) is 1. The van der Waals surface area contributed by atoms with Crippen LogP contribution < -0.4 is 4.90 Å². The van der Waals surface area contributed by atoms with Crippen LogP contribution in [0.5, 0.6) is 0 Å². The Labute approximate surface area is 140 Å². The normalized spacial score (nSPS) is 36.2. The Morgan fingerprint density at radius 3 is 2.71 bits per heavy atom. The van der Waals surface area contributed by atoms with Gasteiger partial charge in [-0.05, 0) is 25.5 Å². The zero-order valence-corrected chi connectivity index (χ0v) is 13.4. The highest BCUT2D eigenvalue weighted by atomic mass is 16.5. The molecule has 1 aromatic rings. The van der Waals surface area contributed by atoms with E-state index in [1.807, 2.05) is 43.3 Å². The quantitative estimate of drug-likeness (QED) is 0.863. The molecule has 0 aromatic heterocycles. The first kappa shape index (κ1) is 15.1. The second-order valence-electron chi connectivity index (χ2n) is 6.86. The summed E-state index contributed by atoms with van der Waals surface area (Å²) in [5, 5.41) is 9.62. The van der Waals surface area contributed by atoms with Crippen LogP contribution in [0.15, 0.2) is 54.6 Å². The van der Waals surface area contributed by atoms with Crippen LogP contribution in [0, 0.1) is 11.8 Å². The molecule has 5 atom stereocenters. The average Bonchev–Trinajstić information content (AvgIpc) is 3.17. The van der Waals surface area contributed by atoms with Crippen molar-refractivity contribution in [3.05, 3.63) is 54.6 Å². The van der Waals surface area contributed by atoms with Gasteiger partial charge in [0.2, 0.25) is 5.91 Å². The first-order valence-electron chi connectivity index (χ1n) is 8.08. The molecule has 2 bridgehead atoms. The van der Waals surface area contributed by atoms with E-state index in [1.165, 1.54) is 0 Å². The fourth-order valence-electron chi connectivity index (χ4n) is 4.41. The van der Waals surface area contributed by atoms with Gasteiger partial charge in [0, 0.05) is 5.69 Å². The number of anilines is 1. The second-order valence-corrected chi connectivity index (χ2v) is 6.86. The minimum Gasteiger partial charge on any atom is -0.481 e. The van der Waals surface area contributed by atoms with E-state index in [9.17, 15) is 14.7 Å². The number of carbonyl (C=O) groups excluding carboxylic acids is 1. The van der Waals surface area contributed by atoms with Gasteiger partial charge in [0.1, 0.15) is 11.5 Å². The largest absolute Gasteiger partial charge is 0.481 e. The minimum atomic E-state index is -0.978. The van der Waals surface area contributed by atoms with Gasteiger partial charge in [-0.1, -0.05) is 35.9 Å². The molecule has 5 heteroatoms. The first-order chi connectivity index (χ1) is 11.5. The van der Waals surface area contributed by atoms with Gasteiger partial charge in [-0.3, -0.25) is 9.59 Å². The van der Waals surface area contributed by atoms with Crippen molar-refractivity contribution in [1.29, 1.82) is 0 Å². The molecule has 3 heterocycles. The number of carboxylic acid groups (broad SMARTS) is 1. The molecule has 1 spiro atoms. The van der Waals surface area contributed by atoms with Crippen molar-refractivity contribution in [2.45, 2.75) is 31.1 Å². The number of nitrogens with zero attached hydrogens (tertiary/aromatic N) is 1. The lowest BCUT2D eigenvalue weighted by molar-refractivity contribution is -0.146. The molecule has 3 aliphatic rings. The molecule has 124 valence electrons. The number of benzene rings is 1. The smallest absolute Gasteiger partial charge is 0.310 e. The Morgan fingerprint density at radius 1 is 1.38 bits per heavy atom. The Morgan fingerprint density at radius 2 is 2.08 bits per heavy atom.